The molecule has 1 unspecified atom stereocenters. The van der Waals surface area contributed by atoms with Gasteiger partial charge in [0.15, 0.2) is 5.60 Å². The third kappa shape index (κ3) is 4.15. The molecule has 1 atom stereocenters. The van der Waals surface area contributed by atoms with Crippen LogP contribution in [0.2, 0.25) is 0 Å². The lowest BCUT2D eigenvalue weighted by atomic mass is 10.1. The number of carbonyl (C=O) groups excluding carboxylic acids is 1. The number of carbonyl (C=O) groups is 1. The molecular weight excluding hydrogens is 307 g/mol. The first kappa shape index (κ1) is 17.9. The highest BCUT2D eigenvalue weighted by Crippen LogP contribution is 2.37. The Balaban J connectivity index is 3.13. The highest BCUT2D eigenvalue weighted by molar-refractivity contribution is 5.97. The van der Waals surface area contributed by atoms with E-state index in [1.54, 1.807) is 0 Å². The SMILES string of the molecule is CNCC(C)(O)C(=O)Nc1ccc([N+](=O)[O-])c(C(F)(F)F)c1. The highest BCUT2D eigenvalue weighted by Gasteiger charge is 2.39. The van der Waals surface area contributed by atoms with E-state index < -0.39 is 33.9 Å². The lowest BCUT2D eigenvalue weighted by Gasteiger charge is -2.22. The summed E-state index contributed by atoms with van der Waals surface area (Å²) in [5.41, 5.74) is -4.76. The molecule has 22 heavy (non-hydrogen) atoms. The summed E-state index contributed by atoms with van der Waals surface area (Å²) in [5.74, 6) is -0.941. The summed E-state index contributed by atoms with van der Waals surface area (Å²) >= 11 is 0. The predicted octanol–water partition coefficient (Wildman–Crippen LogP) is 1.52. The molecule has 0 saturated carbocycles. The average molecular weight is 321 g/mol. The lowest BCUT2D eigenvalue weighted by Crippen LogP contribution is -2.47. The van der Waals surface area contributed by atoms with Crippen LogP contribution in [0.1, 0.15) is 12.5 Å². The molecule has 0 fully saturated rings. The molecule has 0 aromatic heterocycles. The van der Waals surface area contributed by atoms with Crippen LogP contribution in [0.15, 0.2) is 18.2 Å². The van der Waals surface area contributed by atoms with Crippen molar-refractivity contribution in [2.45, 2.75) is 18.7 Å². The second-order valence-corrected chi connectivity index (χ2v) is 4.75. The van der Waals surface area contributed by atoms with E-state index in [0.717, 1.165) is 6.07 Å². The largest absolute Gasteiger partial charge is 0.423 e. The van der Waals surface area contributed by atoms with Gasteiger partial charge in [-0.15, -0.1) is 0 Å². The minimum Gasteiger partial charge on any atom is -0.379 e. The zero-order valence-electron chi connectivity index (χ0n) is 11.7. The molecule has 1 amide bonds. The Morgan fingerprint density at radius 3 is 2.45 bits per heavy atom. The van der Waals surface area contributed by atoms with Crippen molar-refractivity contribution in [3.05, 3.63) is 33.9 Å². The van der Waals surface area contributed by atoms with Crippen LogP contribution in [0.25, 0.3) is 0 Å². The zero-order valence-corrected chi connectivity index (χ0v) is 11.7. The summed E-state index contributed by atoms with van der Waals surface area (Å²) in [6.07, 6.45) is -4.95. The number of nitrogens with zero attached hydrogens (tertiary/aromatic N) is 1. The number of anilines is 1. The molecule has 3 N–H and O–H groups in total. The number of nitro groups is 1. The molecule has 0 bridgehead atoms. The first-order valence-corrected chi connectivity index (χ1v) is 6.03. The molecule has 1 aromatic carbocycles. The van der Waals surface area contributed by atoms with Crippen molar-refractivity contribution >= 4 is 17.3 Å². The Kier molecular flexibility index (Phi) is 5.09. The van der Waals surface area contributed by atoms with Crippen molar-refractivity contribution in [3.8, 4) is 0 Å². The van der Waals surface area contributed by atoms with Gasteiger partial charge in [-0.2, -0.15) is 13.2 Å². The quantitative estimate of drug-likeness (QED) is 0.563. The number of hydrogen-bond donors (Lipinski definition) is 3. The van der Waals surface area contributed by atoms with Crippen molar-refractivity contribution in [2.24, 2.45) is 0 Å². The molecule has 0 aliphatic carbocycles. The van der Waals surface area contributed by atoms with Crippen LogP contribution >= 0.6 is 0 Å². The minimum atomic E-state index is -4.95. The van der Waals surface area contributed by atoms with Gasteiger partial charge < -0.3 is 15.7 Å². The number of hydrogen-bond acceptors (Lipinski definition) is 5. The summed E-state index contributed by atoms with van der Waals surface area (Å²) < 4.78 is 38.4. The molecule has 0 saturated heterocycles. The molecule has 122 valence electrons. The second kappa shape index (κ2) is 6.28. The Bertz CT molecular complexity index is 587. The molecule has 1 aromatic rings. The van der Waals surface area contributed by atoms with E-state index in [9.17, 15) is 33.2 Å². The van der Waals surface area contributed by atoms with Gasteiger partial charge >= 0.3 is 6.18 Å². The van der Waals surface area contributed by atoms with Gasteiger partial charge in [-0.3, -0.25) is 14.9 Å². The molecule has 0 heterocycles. The van der Waals surface area contributed by atoms with Gasteiger partial charge in [-0.1, -0.05) is 0 Å². The van der Waals surface area contributed by atoms with Crippen molar-refractivity contribution in [1.29, 1.82) is 0 Å². The van der Waals surface area contributed by atoms with Gasteiger partial charge in [0.25, 0.3) is 11.6 Å². The summed E-state index contributed by atoms with van der Waals surface area (Å²) in [7, 11) is 1.48. The van der Waals surface area contributed by atoms with Gasteiger partial charge in [0.05, 0.1) is 4.92 Å². The number of aliphatic hydroxyl groups is 1. The van der Waals surface area contributed by atoms with Crippen molar-refractivity contribution < 1.29 is 28.0 Å². The molecule has 0 radical (unpaired) electrons. The smallest absolute Gasteiger partial charge is 0.379 e. The third-order valence-electron chi connectivity index (χ3n) is 2.77. The van der Waals surface area contributed by atoms with Crippen LogP contribution in [0.3, 0.4) is 0 Å². The van der Waals surface area contributed by atoms with Crippen LogP contribution in [-0.2, 0) is 11.0 Å². The van der Waals surface area contributed by atoms with Gasteiger partial charge in [0.1, 0.15) is 5.56 Å². The number of nitro benzene ring substituents is 1. The summed E-state index contributed by atoms with van der Waals surface area (Å²) in [6, 6.07) is 2.05. The maximum absolute atomic E-state index is 12.8. The van der Waals surface area contributed by atoms with E-state index in [2.05, 4.69) is 10.6 Å². The third-order valence-corrected chi connectivity index (χ3v) is 2.77. The average Bonchev–Trinajstić information content (AvgIpc) is 2.37. The molecule has 0 spiro atoms. The fourth-order valence-electron chi connectivity index (χ4n) is 1.69. The fourth-order valence-corrected chi connectivity index (χ4v) is 1.69. The van der Waals surface area contributed by atoms with Crippen LogP contribution in [0, 0.1) is 10.1 Å². The molecule has 7 nitrogen and oxygen atoms in total. The minimum absolute atomic E-state index is 0.127. The number of likely N-dealkylation sites (N-methyl/N-ethyl adjacent to an activating group) is 1. The Morgan fingerprint density at radius 1 is 1.41 bits per heavy atom. The first-order chi connectivity index (χ1) is 9.99. The van der Waals surface area contributed by atoms with E-state index in [1.807, 2.05) is 0 Å². The molecule has 1 rings (SSSR count). The van der Waals surface area contributed by atoms with Crippen LogP contribution in [0.5, 0.6) is 0 Å². The lowest BCUT2D eigenvalue weighted by molar-refractivity contribution is -0.388. The van der Waals surface area contributed by atoms with Crippen molar-refractivity contribution in [2.75, 3.05) is 18.9 Å². The maximum atomic E-state index is 12.8. The second-order valence-electron chi connectivity index (χ2n) is 4.75. The Hall–Kier alpha value is -2.20. The van der Waals surface area contributed by atoms with E-state index in [4.69, 9.17) is 0 Å². The Morgan fingerprint density at radius 2 is 2.00 bits per heavy atom. The summed E-state index contributed by atoms with van der Waals surface area (Å²) in [4.78, 5) is 21.2. The van der Waals surface area contributed by atoms with Gasteiger partial charge in [0, 0.05) is 18.3 Å². The van der Waals surface area contributed by atoms with Gasteiger partial charge in [-0.25, -0.2) is 0 Å². The number of amides is 1. The predicted molar refractivity (Wildman–Crippen MR) is 71.3 cm³/mol. The summed E-state index contributed by atoms with van der Waals surface area (Å²) in [6.45, 7) is 1.05. The molecule has 10 heteroatoms. The van der Waals surface area contributed by atoms with Crippen LogP contribution < -0.4 is 10.6 Å². The Labute approximate surface area is 123 Å². The van der Waals surface area contributed by atoms with E-state index in [0.29, 0.717) is 12.1 Å². The molecular formula is C12H14F3N3O4. The maximum Gasteiger partial charge on any atom is 0.423 e. The van der Waals surface area contributed by atoms with E-state index in [-0.39, 0.29) is 12.2 Å². The monoisotopic (exact) mass is 321 g/mol. The number of halogens is 3. The molecule has 0 aliphatic heterocycles. The number of benzene rings is 1. The van der Waals surface area contributed by atoms with Crippen LogP contribution in [-0.4, -0.2) is 35.1 Å². The van der Waals surface area contributed by atoms with Crippen LogP contribution in [0.4, 0.5) is 24.5 Å². The van der Waals surface area contributed by atoms with Crippen molar-refractivity contribution in [1.82, 2.24) is 5.32 Å². The first-order valence-electron chi connectivity index (χ1n) is 6.03. The number of alkyl halides is 3. The standard InChI is InChI=1S/C12H14F3N3O4/c1-11(20,6-16-2)10(19)17-7-3-4-9(18(21)22)8(5-7)12(13,14)15/h3-5,16,20H,6H2,1-2H3,(H,17,19). The van der Waals surface area contributed by atoms with E-state index >= 15 is 0 Å². The number of nitrogens with one attached hydrogen (secondary N) is 2. The fraction of sp³-hybridized carbons (Fsp3) is 0.417. The number of rotatable bonds is 5. The summed E-state index contributed by atoms with van der Waals surface area (Å²) in [5, 5.41) is 25.1. The van der Waals surface area contributed by atoms with E-state index in [1.165, 1.54) is 14.0 Å². The van der Waals surface area contributed by atoms with Gasteiger partial charge in [0.2, 0.25) is 0 Å². The molecule has 0 aliphatic rings. The highest BCUT2D eigenvalue weighted by atomic mass is 19.4. The topological polar surface area (TPSA) is 104 Å². The normalized spacial score (nSPS) is 14.3. The van der Waals surface area contributed by atoms with Gasteiger partial charge in [-0.05, 0) is 26.1 Å². The van der Waals surface area contributed by atoms with Crippen molar-refractivity contribution in [3.63, 3.8) is 0 Å². The zero-order chi connectivity index (χ0) is 17.1.